The molecule has 0 aliphatic carbocycles. The largest absolute Gasteiger partial charge is 0.369 e. The van der Waals surface area contributed by atoms with Crippen molar-refractivity contribution in [3.63, 3.8) is 0 Å². The van der Waals surface area contributed by atoms with Crippen LogP contribution in [0.3, 0.4) is 0 Å². The minimum atomic E-state index is 0.0937. The number of guanidine groups is 2. The number of hydrogen-bond acceptors (Lipinski definition) is 3. The van der Waals surface area contributed by atoms with Gasteiger partial charge in [0.2, 0.25) is 5.96 Å². The van der Waals surface area contributed by atoms with Gasteiger partial charge in [-0.3, -0.25) is 4.98 Å². The molecule has 0 saturated carbocycles. The van der Waals surface area contributed by atoms with Crippen LogP contribution in [0.25, 0.3) is 0 Å². The summed E-state index contributed by atoms with van der Waals surface area (Å²) in [5.41, 5.74) is 11.7. The van der Waals surface area contributed by atoms with Gasteiger partial charge in [0.15, 0.2) is 11.8 Å². The fraction of sp³-hybridized carbons (Fsp3) is 0.500. The Balaban J connectivity index is 2.05. The van der Waals surface area contributed by atoms with Crippen molar-refractivity contribution >= 4 is 17.7 Å². The molecule has 1 aromatic rings. The van der Waals surface area contributed by atoms with E-state index in [1.165, 1.54) is 12.6 Å². The van der Waals surface area contributed by atoms with Gasteiger partial charge in [-0.2, -0.15) is 9.98 Å². The third-order valence-electron chi connectivity index (χ3n) is 2.99. The number of rotatable bonds is 1. The minimum Gasteiger partial charge on any atom is -0.369 e. The first kappa shape index (κ1) is 13.3. The maximum Gasteiger partial charge on any atom is 0.225 e. The maximum atomic E-state index is 5.94. The Kier molecular flexibility index (Phi) is 4.27. The summed E-state index contributed by atoms with van der Waals surface area (Å²) >= 11 is 0. The van der Waals surface area contributed by atoms with Crippen molar-refractivity contribution in [1.82, 2.24) is 14.9 Å². The summed E-state index contributed by atoms with van der Waals surface area (Å²) in [4.78, 5) is 18.1. The molecule has 2 heterocycles. The highest BCUT2D eigenvalue weighted by molar-refractivity contribution is 5.94. The van der Waals surface area contributed by atoms with Crippen molar-refractivity contribution < 1.29 is 0 Å². The highest BCUT2D eigenvalue weighted by Gasteiger charge is 2.17. The molecule has 1 unspecified atom stereocenters. The highest BCUT2D eigenvalue weighted by Crippen LogP contribution is 2.14. The van der Waals surface area contributed by atoms with Gasteiger partial charge in [-0.1, -0.05) is 6.92 Å². The molecule has 102 valence electrons. The van der Waals surface area contributed by atoms with Gasteiger partial charge in [0.05, 0.1) is 6.20 Å². The molecule has 0 aromatic carbocycles. The predicted molar refractivity (Wildman–Crippen MR) is 74.9 cm³/mol. The van der Waals surface area contributed by atoms with Crippen LogP contribution in [0.1, 0.15) is 19.8 Å². The van der Waals surface area contributed by atoms with Gasteiger partial charge < -0.3 is 16.4 Å². The number of nitrogens with zero attached hydrogens (tertiary/aromatic N) is 5. The second-order valence-corrected chi connectivity index (χ2v) is 4.70. The first-order valence-corrected chi connectivity index (χ1v) is 6.34. The fourth-order valence-corrected chi connectivity index (χ4v) is 2.08. The zero-order valence-electron chi connectivity index (χ0n) is 11.0. The summed E-state index contributed by atoms with van der Waals surface area (Å²) in [6, 6.07) is 0. The summed E-state index contributed by atoms with van der Waals surface area (Å²) in [6.07, 6.45) is 6.99. The SMILES string of the molecule is CC1CCCN(C(N)=NC(N)=Nc2cnccn2)C1. The van der Waals surface area contributed by atoms with Crippen LogP contribution in [0.2, 0.25) is 0 Å². The predicted octanol–water partition coefficient (Wildman–Crippen LogP) is 0.469. The molecule has 1 atom stereocenters. The van der Waals surface area contributed by atoms with Crippen molar-refractivity contribution in [3.05, 3.63) is 18.6 Å². The molecule has 1 fully saturated rings. The molecule has 1 aliphatic heterocycles. The Hall–Kier alpha value is -2.18. The average molecular weight is 261 g/mol. The summed E-state index contributed by atoms with van der Waals surface area (Å²) < 4.78 is 0. The van der Waals surface area contributed by atoms with Crippen molar-refractivity contribution in [2.45, 2.75) is 19.8 Å². The number of likely N-dealkylation sites (tertiary alicyclic amines) is 1. The lowest BCUT2D eigenvalue weighted by Crippen LogP contribution is -2.44. The molecule has 1 saturated heterocycles. The molecule has 7 nitrogen and oxygen atoms in total. The molecule has 1 aliphatic rings. The van der Waals surface area contributed by atoms with Crippen molar-refractivity contribution in [1.29, 1.82) is 0 Å². The summed E-state index contributed by atoms with van der Waals surface area (Å²) in [6.45, 7) is 4.03. The fourth-order valence-electron chi connectivity index (χ4n) is 2.08. The maximum absolute atomic E-state index is 5.94. The lowest BCUT2D eigenvalue weighted by Gasteiger charge is -2.31. The van der Waals surface area contributed by atoms with Crippen molar-refractivity contribution in [2.24, 2.45) is 27.4 Å². The number of aliphatic imine (C=N–C) groups is 2. The second kappa shape index (κ2) is 6.12. The standard InChI is InChI=1S/C12H19N7/c1-9-3-2-6-19(8-9)12(14)18-11(13)17-10-7-15-4-5-16-10/h4-5,7,9H,2-3,6,8H2,1H3,(H4,13,14,16,17,18). The lowest BCUT2D eigenvalue weighted by molar-refractivity contribution is 0.271. The van der Waals surface area contributed by atoms with Crippen molar-refractivity contribution in [2.75, 3.05) is 13.1 Å². The molecule has 7 heteroatoms. The van der Waals surface area contributed by atoms with Gasteiger partial charge in [-0.25, -0.2) is 4.98 Å². The van der Waals surface area contributed by atoms with E-state index in [-0.39, 0.29) is 5.96 Å². The van der Waals surface area contributed by atoms with Crippen LogP contribution >= 0.6 is 0 Å². The van der Waals surface area contributed by atoms with Gasteiger partial charge in [-0.15, -0.1) is 0 Å². The van der Waals surface area contributed by atoms with Crippen LogP contribution in [0.4, 0.5) is 5.82 Å². The van der Waals surface area contributed by atoms with Gasteiger partial charge in [0.25, 0.3) is 0 Å². The molecule has 2 rings (SSSR count). The van der Waals surface area contributed by atoms with Crippen LogP contribution in [0.5, 0.6) is 0 Å². The topological polar surface area (TPSA) is 106 Å². The third kappa shape index (κ3) is 3.90. The van der Waals surface area contributed by atoms with Crippen LogP contribution in [-0.4, -0.2) is 39.9 Å². The van der Waals surface area contributed by atoms with E-state index in [9.17, 15) is 0 Å². The average Bonchev–Trinajstić information content (AvgIpc) is 2.39. The molecule has 0 amide bonds. The zero-order chi connectivity index (χ0) is 13.7. The van der Waals surface area contributed by atoms with E-state index in [0.29, 0.717) is 17.7 Å². The van der Waals surface area contributed by atoms with Crippen molar-refractivity contribution in [3.8, 4) is 0 Å². The smallest absolute Gasteiger partial charge is 0.225 e. The Bertz CT molecular complexity index is 468. The molecule has 19 heavy (non-hydrogen) atoms. The molecular formula is C12H19N7. The Morgan fingerprint density at radius 2 is 2.26 bits per heavy atom. The molecular weight excluding hydrogens is 242 g/mol. The first-order valence-electron chi connectivity index (χ1n) is 6.34. The number of aromatic nitrogens is 2. The molecule has 0 spiro atoms. The highest BCUT2D eigenvalue weighted by atomic mass is 15.3. The van der Waals surface area contributed by atoms with E-state index >= 15 is 0 Å². The van der Waals surface area contributed by atoms with Gasteiger partial charge >= 0.3 is 0 Å². The van der Waals surface area contributed by atoms with E-state index in [1.54, 1.807) is 12.4 Å². The molecule has 0 radical (unpaired) electrons. The summed E-state index contributed by atoms with van der Waals surface area (Å²) in [5, 5.41) is 0. The quantitative estimate of drug-likeness (QED) is 0.564. The minimum absolute atomic E-state index is 0.0937. The lowest BCUT2D eigenvalue weighted by atomic mass is 10.0. The van der Waals surface area contributed by atoms with E-state index in [4.69, 9.17) is 11.5 Å². The van der Waals surface area contributed by atoms with Gasteiger partial charge in [0, 0.05) is 25.5 Å². The summed E-state index contributed by atoms with van der Waals surface area (Å²) in [7, 11) is 0. The van der Waals surface area contributed by atoms with E-state index in [2.05, 4.69) is 26.9 Å². The third-order valence-corrected chi connectivity index (χ3v) is 2.99. The van der Waals surface area contributed by atoms with Crippen LogP contribution < -0.4 is 11.5 Å². The number of piperidine rings is 1. The Morgan fingerprint density at radius 3 is 2.95 bits per heavy atom. The van der Waals surface area contributed by atoms with Crippen LogP contribution in [0.15, 0.2) is 28.6 Å². The van der Waals surface area contributed by atoms with E-state index < -0.39 is 0 Å². The Morgan fingerprint density at radius 1 is 1.42 bits per heavy atom. The summed E-state index contributed by atoms with van der Waals surface area (Å²) in [5.74, 6) is 1.55. The first-order chi connectivity index (χ1) is 9.15. The monoisotopic (exact) mass is 261 g/mol. The van der Waals surface area contributed by atoms with Gasteiger partial charge in [-0.05, 0) is 18.8 Å². The van der Waals surface area contributed by atoms with E-state index in [1.807, 2.05) is 4.90 Å². The Labute approximate surface area is 112 Å². The zero-order valence-corrected chi connectivity index (χ0v) is 11.0. The normalized spacial score (nSPS) is 21.5. The van der Waals surface area contributed by atoms with Crippen LogP contribution in [-0.2, 0) is 0 Å². The van der Waals surface area contributed by atoms with E-state index in [0.717, 1.165) is 19.5 Å². The number of hydrogen-bond donors (Lipinski definition) is 2. The molecule has 1 aromatic heterocycles. The second-order valence-electron chi connectivity index (χ2n) is 4.70. The van der Waals surface area contributed by atoms with Gasteiger partial charge in [0.1, 0.15) is 0 Å². The van der Waals surface area contributed by atoms with Crippen LogP contribution in [0, 0.1) is 5.92 Å². The molecule has 0 bridgehead atoms. The molecule has 4 N–H and O–H groups in total. The number of nitrogens with two attached hydrogens (primary N) is 2.